The van der Waals surface area contributed by atoms with Gasteiger partial charge in [0.2, 0.25) is 12.6 Å². The van der Waals surface area contributed by atoms with Gasteiger partial charge >= 0.3 is 5.97 Å². The number of aliphatic hydroxyl groups is 7. The van der Waals surface area contributed by atoms with Crippen LogP contribution in [-0.4, -0.2) is 142 Å². The van der Waals surface area contributed by atoms with Crippen molar-refractivity contribution >= 4 is 18.1 Å². The number of ether oxygens (including phenoxy) is 6. The van der Waals surface area contributed by atoms with E-state index in [9.17, 15) is 66.1 Å². The van der Waals surface area contributed by atoms with Crippen molar-refractivity contribution < 1.29 is 94.5 Å². The molecule has 3 heterocycles. The van der Waals surface area contributed by atoms with Gasteiger partial charge in [-0.1, -0.05) is 12.1 Å². The molecule has 2 fully saturated rings. The molecule has 19 heteroatoms. The number of fused-ring (bicyclic) bond motifs is 1. The second kappa shape index (κ2) is 16.2. The van der Waals surface area contributed by atoms with Crippen LogP contribution in [0.1, 0.15) is 22.8 Å². The first-order valence-electron chi connectivity index (χ1n) is 16.6. The van der Waals surface area contributed by atoms with Crippen molar-refractivity contribution in [2.45, 2.75) is 67.5 Å². The fourth-order valence-electron chi connectivity index (χ4n) is 5.96. The second-order valence-electron chi connectivity index (χ2n) is 12.8. The molecular formula is C36H38O19. The van der Waals surface area contributed by atoms with E-state index in [0.29, 0.717) is 5.56 Å². The lowest BCUT2D eigenvalue weighted by Crippen LogP contribution is -2.60. The van der Waals surface area contributed by atoms with Crippen molar-refractivity contribution in [3.8, 4) is 40.2 Å². The number of hydrogen-bond donors (Lipinski definition) is 12. The molecule has 6 rings (SSSR count). The summed E-state index contributed by atoms with van der Waals surface area (Å²) in [5.41, 5.74) is 0.498. The normalized spacial score (nSPS) is 30.5. The molecule has 0 bridgehead atoms. The Morgan fingerprint density at radius 1 is 0.691 bits per heavy atom. The Morgan fingerprint density at radius 2 is 1.31 bits per heavy atom. The monoisotopic (exact) mass is 774 g/mol. The second-order valence-corrected chi connectivity index (χ2v) is 12.8. The lowest BCUT2D eigenvalue weighted by Gasteiger charge is -2.41. The number of esters is 1. The van der Waals surface area contributed by atoms with Crippen molar-refractivity contribution in [3.63, 3.8) is 0 Å². The highest BCUT2D eigenvalue weighted by Crippen LogP contribution is 2.46. The van der Waals surface area contributed by atoms with Gasteiger partial charge in [0, 0.05) is 23.8 Å². The van der Waals surface area contributed by atoms with Gasteiger partial charge in [-0.15, -0.1) is 0 Å². The molecule has 3 aromatic rings. The predicted molar refractivity (Wildman–Crippen MR) is 181 cm³/mol. The zero-order valence-corrected chi connectivity index (χ0v) is 28.3. The molecular weight excluding hydrogens is 736 g/mol. The average molecular weight is 775 g/mol. The molecule has 3 aliphatic rings. The first kappa shape index (κ1) is 39.3. The summed E-state index contributed by atoms with van der Waals surface area (Å²) in [7, 11) is 0. The number of carbonyl (C=O) groups excluding carboxylic acids is 1. The van der Waals surface area contributed by atoms with E-state index in [4.69, 9.17) is 28.4 Å². The molecule has 3 aliphatic heterocycles. The smallest absolute Gasteiger partial charge is 0.330 e. The molecule has 296 valence electrons. The SMILES string of the molecule is O=C(/C=C/c1ccc(O)c(O)c1)OC[C@H]1O[C@@H](OC2=Cc3c(cc(O)cc3O[C@@H]3O[C@H](CO)[C@@H](O)[C@H](O)[C@H]3O)OC2c2ccc(O)c(O)c2)[C@H](O)[C@@H](O)[C@@H]1O. The van der Waals surface area contributed by atoms with E-state index < -0.39 is 110 Å². The van der Waals surface area contributed by atoms with Gasteiger partial charge in [-0.05, 0) is 42.0 Å². The minimum absolute atomic E-state index is 0.00843. The highest BCUT2D eigenvalue weighted by Gasteiger charge is 2.48. The summed E-state index contributed by atoms with van der Waals surface area (Å²) < 4.78 is 34.3. The lowest BCUT2D eigenvalue weighted by atomic mass is 9.98. The van der Waals surface area contributed by atoms with Crippen LogP contribution in [0, 0.1) is 0 Å². The fourth-order valence-corrected chi connectivity index (χ4v) is 5.96. The lowest BCUT2D eigenvalue weighted by molar-refractivity contribution is -0.294. The molecule has 2 saturated heterocycles. The number of phenolic OH excluding ortho intramolecular Hbond substituents is 5. The van der Waals surface area contributed by atoms with E-state index in [0.717, 1.165) is 24.3 Å². The van der Waals surface area contributed by atoms with Crippen molar-refractivity contribution in [2.75, 3.05) is 13.2 Å². The molecule has 0 spiro atoms. The largest absolute Gasteiger partial charge is 0.508 e. The summed E-state index contributed by atoms with van der Waals surface area (Å²) in [5, 5.41) is 123. The molecule has 19 nitrogen and oxygen atoms in total. The van der Waals surface area contributed by atoms with E-state index in [-0.39, 0.29) is 34.1 Å². The summed E-state index contributed by atoms with van der Waals surface area (Å²) in [6.07, 6.45) is -15.1. The average Bonchev–Trinajstić information content (AvgIpc) is 3.16. The summed E-state index contributed by atoms with van der Waals surface area (Å²) in [5.74, 6) is -3.70. The van der Waals surface area contributed by atoms with Crippen LogP contribution in [0.25, 0.3) is 12.2 Å². The number of aliphatic hydroxyl groups excluding tert-OH is 7. The third-order valence-electron chi connectivity index (χ3n) is 8.99. The number of aromatic hydroxyl groups is 5. The Kier molecular flexibility index (Phi) is 11.6. The molecule has 0 saturated carbocycles. The number of phenols is 5. The molecule has 55 heavy (non-hydrogen) atoms. The molecule has 0 amide bonds. The van der Waals surface area contributed by atoms with Crippen LogP contribution in [0.4, 0.5) is 0 Å². The molecule has 3 aromatic carbocycles. The fraction of sp³-hybridized carbons (Fsp3) is 0.361. The van der Waals surface area contributed by atoms with Crippen LogP contribution in [0.15, 0.2) is 60.4 Å². The predicted octanol–water partition coefficient (Wildman–Crippen LogP) is -1.05. The number of carbonyl (C=O) groups is 1. The molecule has 0 radical (unpaired) electrons. The van der Waals surface area contributed by atoms with Crippen LogP contribution in [-0.2, 0) is 23.7 Å². The molecule has 0 aliphatic carbocycles. The van der Waals surface area contributed by atoms with Crippen molar-refractivity contribution in [1.29, 1.82) is 0 Å². The first-order chi connectivity index (χ1) is 26.1. The Balaban J connectivity index is 1.27. The van der Waals surface area contributed by atoms with E-state index in [2.05, 4.69) is 0 Å². The Bertz CT molecular complexity index is 1930. The van der Waals surface area contributed by atoms with E-state index in [1.54, 1.807) is 0 Å². The van der Waals surface area contributed by atoms with Gasteiger partial charge in [0.25, 0.3) is 0 Å². The number of benzene rings is 3. The summed E-state index contributed by atoms with van der Waals surface area (Å²) in [6, 6.07) is 9.68. The maximum atomic E-state index is 12.5. The summed E-state index contributed by atoms with van der Waals surface area (Å²) in [4.78, 5) is 12.5. The van der Waals surface area contributed by atoms with Crippen LogP contribution in [0.5, 0.6) is 40.2 Å². The maximum Gasteiger partial charge on any atom is 0.330 e. The van der Waals surface area contributed by atoms with Gasteiger partial charge in [-0.3, -0.25) is 0 Å². The zero-order valence-electron chi connectivity index (χ0n) is 28.3. The van der Waals surface area contributed by atoms with Crippen LogP contribution >= 0.6 is 0 Å². The third-order valence-corrected chi connectivity index (χ3v) is 8.99. The van der Waals surface area contributed by atoms with E-state index in [1.165, 1.54) is 42.5 Å². The minimum Gasteiger partial charge on any atom is -0.508 e. The quantitative estimate of drug-likeness (QED) is 0.0664. The molecule has 1 unspecified atom stereocenters. The maximum absolute atomic E-state index is 12.5. The standard InChI is InChI=1S/C36H38O19/c37-12-25-28(44)30(46)32(48)35(54-25)52-23-10-16(38)9-22-17(23)11-24(34(51-22)15-3-5-19(40)21(42)8-15)53-36-33(49)31(47)29(45)26(55-36)13-50-27(43)6-2-14-1-4-18(39)20(41)7-14/h1-11,25-26,28-42,44-49H,12-13H2/b6-2+/t25-,26-,28-,29-,30+,31+,32-,33-,34?,35-,36-/m1/s1. The van der Waals surface area contributed by atoms with Crippen molar-refractivity contribution in [3.05, 3.63) is 77.1 Å². The number of hydrogen-bond acceptors (Lipinski definition) is 19. The zero-order chi connectivity index (χ0) is 39.7. The molecule has 12 N–H and O–H groups in total. The van der Waals surface area contributed by atoms with E-state index >= 15 is 0 Å². The summed E-state index contributed by atoms with van der Waals surface area (Å²) in [6.45, 7) is -1.41. The van der Waals surface area contributed by atoms with E-state index in [1.807, 2.05) is 0 Å². The van der Waals surface area contributed by atoms with Gasteiger partial charge in [-0.25, -0.2) is 4.79 Å². The van der Waals surface area contributed by atoms with Gasteiger partial charge in [0.05, 0.1) is 12.2 Å². The third kappa shape index (κ3) is 8.34. The van der Waals surface area contributed by atoms with Crippen LogP contribution in [0.3, 0.4) is 0 Å². The molecule has 11 atom stereocenters. The van der Waals surface area contributed by atoms with Crippen LogP contribution in [0.2, 0.25) is 0 Å². The Labute approximate surface area is 310 Å². The van der Waals surface area contributed by atoms with Gasteiger partial charge in [-0.2, -0.15) is 0 Å². The first-order valence-corrected chi connectivity index (χ1v) is 16.6. The Morgan fingerprint density at radius 3 is 1.96 bits per heavy atom. The molecule has 0 aromatic heterocycles. The highest BCUT2D eigenvalue weighted by molar-refractivity contribution is 5.87. The highest BCUT2D eigenvalue weighted by atomic mass is 16.7. The minimum atomic E-state index is -1.93. The summed E-state index contributed by atoms with van der Waals surface area (Å²) >= 11 is 0. The van der Waals surface area contributed by atoms with Crippen molar-refractivity contribution in [1.82, 2.24) is 0 Å². The Hall–Kier alpha value is -5.35. The van der Waals surface area contributed by atoms with Gasteiger partial charge in [0.1, 0.15) is 78.4 Å². The van der Waals surface area contributed by atoms with Gasteiger partial charge < -0.3 is 89.7 Å². The van der Waals surface area contributed by atoms with Crippen LogP contribution < -0.4 is 9.47 Å². The van der Waals surface area contributed by atoms with Crippen molar-refractivity contribution in [2.24, 2.45) is 0 Å². The van der Waals surface area contributed by atoms with Gasteiger partial charge in [0.15, 0.2) is 29.1 Å². The topological polar surface area (TPSA) is 315 Å². The number of rotatable bonds is 10.